The molecule has 0 aliphatic rings. The summed E-state index contributed by atoms with van der Waals surface area (Å²) in [6.45, 7) is 3.62. The molecule has 0 saturated heterocycles. The number of hydrogen-bond donors (Lipinski definition) is 3. The van der Waals surface area contributed by atoms with Gasteiger partial charge in [0.25, 0.3) is 0 Å². The normalized spacial score (nSPS) is 11.7. The van der Waals surface area contributed by atoms with Crippen molar-refractivity contribution >= 4 is 17.8 Å². The molecular formula is C23H43NO5. The number of primary amides is 1. The van der Waals surface area contributed by atoms with Crippen LogP contribution in [-0.2, 0) is 14.4 Å². The second kappa shape index (κ2) is 22.4. The first-order chi connectivity index (χ1) is 13.8. The predicted molar refractivity (Wildman–Crippen MR) is 118 cm³/mol. The topological polar surface area (TPSA) is 118 Å². The predicted octanol–water partition coefficient (Wildman–Crippen LogP) is 5.69. The molecule has 0 rings (SSSR count). The molecule has 0 aromatic rings. The van der Waals surface area contributed by atoms with Gasteiger partial charge in [-0.1, -0.05) is 77.4 Å². The highest BCUT2D eigenvalue weighted by molar-refractivity contribution is 5.77. The Balaban J connectivity index is 0. The average Bonchev–Trinajstić information content (AvgIpc) is 2.64. The summed E-state index contributed by atoms with van der Waals surface area (Å²) in [5, 5.41) is 16.2. The van der Waals surface area contributed by atoms with E-state index in [1.165, 1.54) is 77.6 Å². The van der Waals surface area contributed by atoms with Crippen molar-refractivity contribution in [2.75, 3.05) is 0 Å². The Morgan fingerprint density at radius 2 is 1.24 bits per heavy atom. The number of nitrogens with two attached hydrogens (primary N) is 1. The summed E-state index contributed by atoms with van der Waals surface area (Å²) in [5.41, 5.74) is 5.10. The van der Waals surface area contributed by atoms with E-state index < -0.39 is 17.9 Å². The number of carboxylic acid groups (broad SMARTS) is 2. The highest BCUT2D eigenvalue weighted by atomic mass is 16.4. The molecule has 0 saturated carbocycles. The van der Waals surface area contributed by atoms with Gasteiger partial charge in [0.2, 0.25) is 5.91 Å². The molecule has 0 aromatic carbocycles. The molecule has 0 radical (unpaired) electrons. The SMILES string of the molecule is CC(CC(=O)O)C(=O)O.CCCCCCCC/C=C\CCCCCCCC(N)=O. The monoisotopic (exact) mass is 413 g/mol. The molecule has 4 N–H and O–H groups in total. The van der Waals surface area contributed by atoms with E-state index in [-0.39, 0.29) is 12.3 Å². The van der Waals surface area contributed by atoms with E-state index in [0.29, 0.717) is 6.42 Å². The standard InChI is InChI=1S/C18H35NO.C5H8O4/c1-2-3-4-5-6-7-8-9-10-11-12-13-14-15-16-17-18(19)20;1-3(5(8)9)2-4(6)7/h9-10H,2-8,11-17H2,1H3,(H2,19,20);3H,2H2,1H3,(H,6,7)(H,8,9)/b10-9-;. The zero-order chi connectivity index (χ0) is 22.3. The fourth-order valence-corrected chi connectivity index (χ4v) is 2.72. The molecule has 1 unspecified atom stereocenters. The summed E-state index contributed by atoms with van der Waals surface area (Å²) in [5.74, 6) is -3.10. The lowest BCUT2D eigenvalue weighted by atomic mass is 10.1. The summed E-state index contributed by atoms with van der Waals surface area (Å²) in [7, 11) is 0. The van der Waals surface area contributed by atoms with E-state index in [1.54, 1.807) is 0 Å². The quantitative estimate of drug-likeness (QED) is 0.197. The van der Waals surface area contributed by atoms with Gasteiger partial charge in [0.15, 0.2) is 0 Å². The lowest BCUT2D eigenvalue weighted by Crippen LogP contribution is -2.13. The van der Waals surface area contributed by atoms with Gasteiger partial charge in [-0.3, -0.25) is 14.4 Å². The van der Waals surface area contributed by atoms with Crippen molar-refractivity contribution in [1.29, 1.82) is 0 Å². The van der Waals surface area contributed by atoms with Gasteiger partial charge in [0, 0.05) is 6.42 Å². The molecule has 0 aromatic heterocycles. The summed E-state index contributed by atoms with van der Waals surface area (Å²) in [6.07, 6.45) is 21.6. The van der Waals surface area contributed by atoms with Crippen LogP contribution in [0.4, 0.5) is 0 Å². The van der Waals surface area contributed by atoms with Crippen LogP contribution in [0.3, 0.4) is 0 Å². The first-order valence-electron chi connectivity index (χ1n) is 11.2. The number of amides is 1. The Morgan fingerprint density at radius 1 is 0.793 bits per heavy atom. The summed E-state index contributed by atoms with van der Waals surface area (Å²) >= 11 is 0. The Morgan fingerprint density at radius 3 is 1.62 bits per heavy atom. The molecule has 29 heavy (non-hydrogen) atoms. The van der Waals surface area contributed by atoms with Crippen LogP contribution in [0.5, 0.6) is 0 Å². The van der Waals surface area contributed by atoms with Crippen molar-refractivity contribution in [2.24, 2.45) is 11.7 Å². The molecular weight excluding hydrogens is 370 g/mol. The Hall–Kier alpha value is -1.85. The van der Waals surface area contributed by atoms with Gasteiger partial charge in [-0.2, -0.15) is 0 Å². The molecule has 6 heteroatoms. The van der Waals surface area contributed by atoms with Gasteiger partial charge in [0.05, 0.1) is 12.3 Å². The van der Waals surface area contributed by atoms with Gasteiger partial charge < -0.3 is 15.9 Å². The second-order valence-corrected chi connectivity index (χ2v) is 7.64. The van der Waals surface area contributed by atoms with E-state index >= 15 is 0 Å². The van der Waals surface area contributed by atoms with Crippen molar-refractivity contribution in [3.8, 4) is 0 Å². The minimum Gasteiger partial charge on any atom is -0.481 e. The number of carbonyl (C=O) groups is 3. The number of carbonyl (C=O) groups excluding carboxylic acids is 1. The maximum Gasteiger partial charge on any atom is 0.306 e. The van der Waals surface area contributed by atoms with Crippen LogP contribution in [0.1, 0.15) is 110 Å². The van der Waals surface area contributed by atoms with Crippen LogP contribution in [0.15, 0.2) is 12.2 Å². The third-order valence-corrected chi connectivity index (χ3v) is 4.59. The highest BCUT2D eigenvalue weighted by Crippen LogP contribution is 2.09. The van der Waals surface area contributed by atoms with Crippen LogP contribution < -0.4 is 5.73 Å². The van der Waals surface area contributed by atoms with Crippen LogP contribution >= 0.6 is 0 Å². The lowest BCUT2D eigenvalue weighted by Gasteiger charge is -1.99. The minimum atomic E-state index is -1.08. The largest absolute Gasteiger partial charge is 0.481 e. The van der Waals surface area contributed by atoms with Crippen molar-refractivity contribution in [3.05, 3.63) is 12.2 Å². The number of aliphatic carboxylic acids is 2. The molecule has 1 atom stereocenters. The molecule has 0 bridgehead atoms. The number of rotatable bonds is 18. The first-order valence-corrected chi connectivity index (χ1v) is 11.2. The zero-order valence-corrected chi connectivity index (χ0v) is 18.5. The fraction of sp³-hybridized carbons (Fsp3) is 0.783. The smallest absolute Gasteiger partial charge is 0.306 e. The Kier molecular flexibility index (Phi) is 22.7. The number of unbranched alkanes of at least 4 members (excludes halogenated alkanes) is 11. The third kappa shape index (κ3) is 28.5. The molecule has 0 aliphatic carbocycles. The maximum absolute atomic E-state index is 10.5. The first kappa shape index (κ1) is 29.4. The van der Waals surface area contributed by atoms with Gasteiger partial charge >= 0.3 is 11.9 Å². The fourth-order valence-electron chi connectivity index (χ4n) is 2.72. The van der Waals surface area contributed by atoms with Crippen LogP contribution in [0.2, 0.25) is 0 Å². The molecule has 0 spiro atoms. The molecule has 1 amide bonds. The number of carboxylic acids is 2. The van der Waals surface area contributed by atoms with E-state index in [9.17, 15) is 14.4 Å². The van der Waals surface area contributed by atoms with Crippen LogP contribution in [0, 0.1) is 5.92 Å². The van der Waals surface area contributed by atoms with Gasteiger partial charge in [-0.15, -0.1) is 0 Å². The summed E-state index contributed by atoms with van der Waals surface area (Å²) in [6, 6.07) is 0. The van der Waals surface area contributed by atoms with Crippen molar-refractivity contribution in [3.63, 3.8) is 0 Å². The highest BCUT2D eigenvalue weighted by Gasteiger charge is 2.13. The van der Waals surface area contributed by atoms with Crippen molar-refractivity contribution in [1.82, 2.24) is 0 Å². The average molecular weight is 414 g/mol. The minimum absolute atomic E-state index is 0.164. The van der Waals surface area contributed by atoms with E-state index in [2.05, 4.69) is 19.1 Å². The van der Waals surface area contributed by atoms with E-state index in [4.69, 9.17) is 15.9 Å². The zero-order valence-electron chi connectivity index (χ0n) is 18.5. The molecule has 6 nitrogen and oxygen atoms in total. The van der Waals surface area contributed by atoms with Crippen LogP contribution in [-0.4, -0.2) is 28.1 Å². The molecule has 0 fully saturated rings. The molecule has 170 valence electrons. The second-order valence-electron chi connectivity index (χ2n) is 7.64. The molecule has 0 aliphatic heterocycles. The van der Waals surface area contributed by atoms with Gasteiger partial charge in [0.1, 0.15) is 0 Å². The maximum atomic E-state index is 10.5. The van der Waals surface area contributed by atoms with Crippen molar-refractivity contribution < 1.29 is 24.6 Å². The van der Waals surface area contributed by atoms with Crippen molar-refractivity contribution in [2.45, 2.75) is 110 Å². The number of allylic oxidation sites excluding steroid dienone is 2. The Bertz CT molecular complexity index is 449. The summed E-state index contributed by atoms with van der Waals surface area (Å²) < 4.78 is 0. The molecule has 0 heterocycles. The number of hydrogen-bond acceptors (Lipinski definition) is 3. The lowest BCUT2D eigenvalue weighted by molar-refractivity contribution is -0.147. The van der Waals surface area contributed by atoms with Gasteiger partial charge in [-0.25, -0.2) is 0 Å². The van der Waals surface area contributed by atoms with E-state index in [0.717, 1.165) is 12.8 Å². The third-order valence-electron chi connectivity index (χ3n) is 4.59. The van der Waals surface area contributed by atoms with Crippen LogP contribution in [0.25, 0.3) is 0 Å². The Labute approximate surface area is 176 Å². The van der Waals surface area contributed by atoms with Gasteiger partial charge in [-0.05, 0) is 32.1 Å². The van der Waals surface area contributed by atoms with E-state index in [1.807, 2.05) is 0 Å². The summed E-state index contributed by atoms with van der Waals surface area (Å²) in [4.78, 5) is 30.4.